The van der Waals surface area contributed by atoms with E-state index >= 15 is 0 Å². The molecule has 0 spiro atoms. The van der Waals surface area contributed by atoms with Gasteiger partial charge in [0, 0.05) is 18.8 Å². The number of rotatable bonds is 2. The van der Waals surface area contributed by atoms with Crippen LogP contribution in [0.1, 0.15) is 16.1 Å². The number of thioether (sulfide) groups is 1. The average molecular weight is 269 g/mol. The van der Waals surface area contributed by atoms with E-state index in [0.29, 0.717) is 42.6 Å². The number of nitrogens with one attached hydrogen (secondary N) is 1. The molecule has 6 nitrogen and oxygen atoms in total. The Kier molecular flexibility index (Phi) is 4.03. The van der Waals surface area contributed by atoms with Crippen molar-refractivity contribution in [1.29, 1.82) is 0 Å². The maximum Gasteiger partial charge on any atom is 0.346 e. The quantitative estimate of drug-likeness (QED) is 0.616. The van der Waals surface area contributed by atoms with Crippen molar-refractivity contribution in [2.75, 3.05) is 32.6 Å². The predicted octanol–water partition coefficient (Wildman–Crippen LogP) is 0.273. The van der Waals surface area contributed by atoms with Crippen molar-refractivity contribution in [2.45, 2.75) is 11.9 Å². The van der Waals surface area contributed by atoms with Crippen LogP contribution in [0.2, 0.25) is 0 Å². The third-order valence-electron chi connectivity index (χ3n) is 2.79. The van der Waals surface area contributed by atoms with Crippen molar-refractivity contribution in [3.63, 3.8) is 0 Å². The largest absolute Gasteiger partial charge is 0.378 e. The smallest absolute Gasteiger partial charge is 0.346 e. The number of aryl methyl sites for hydroxylation is 1. The Morgan fingerprint density at radius 3 is 2.72 bits per heavy atom. The van der Waals surface area contributed by atoms with Crippen LogP contribution in [0.5, 0.6) is 0 Å². The third kappa shape index (κ3) is 2.56. The zero-order valence-corrected chi connectivity index (χ0v) is 11.2. The van der Waals surface area contributed by atoms with E-state index < -0.39 is 5.69 Å². The van der Waals surface area contributed by atoms with Gasteiger partial charge < -0.3 is 14.6 Å². The van der Waals surface area contributed by atoms with E-state index in [1.54, 1.807) is 18.1 Å². The molecule has 0 radical (unpaired) electrons. The SMILES string of the molecule is CSc1nc(=O)[nH]c(C)c1C(=O)N1CCOCC1. The second-order valence-electron chi connectivity index (χ2n) is 3.96. The van der Waals surface area contributed by atoms with Crippen LogP contribution in [0.15, 0.2) is 9.82 Å². The van der Waals surface area contributed by atoms with Crippen molar-refractivity contribution < 1.29 is 9.53 Å². The summed E-state index contributed by atoms with van der Waals surface area (Å²) in [5.41, 5.74) is 0.634. The lowest BCUT2D eigenvalue weighted by Gasteiger charge is -2.27. The maximum atomic E-state index is 12.4. The Morgan fingerprint density at radius 1 is 1.44 bits per heavy atom. The molecule has 1 aliphatic heterocycles. The van der Waals surface area contributed by atoms with Crippen LogP contribution in [0.4, 0.5) is 0 Å². The second kappa shape index (κ2) is 5.53. The zero-order chi connectivity index (χ0) is 13.1. The van der Waals surface area contributed by atoms with E-state index in [9.17, 15) is 9.59 Å². The van der Waals surface area contributed by atoms with Crippen molar-refractivity contribution in [1.82, 2.24) is 14.9 Å². The standard InChI is InChI=1S/C11H15N3O3S/c1-7-8(9(18-2)13-11(16)12-7)10(15)14-3-5-17-6-4-14/h3-6H2,1-2H3,(H,12,13,16). The summed E-state index contributed by atoms with van der Waals surface area (Å²) in [4.78, 5) is 31.8. The van der Waals surface area contributed by atoms with E-state index in [1.165, 1.54) is 11.8 Å². The van der Waals surface area contributed by atoms with E-state index in [1.807, 2.05) is 0 Å². The van der Waals surface area contributed by atoms with E-state index in [-0.39, 0.29) is 5.91 Å². The Labute approximate surface area is 109 Å². The van der Waals surface area contributed by atoms with Gasteiger partial charge in [-0.05, 0) is 13.2 Å². The molecule has 0 bridgehead atoms. The number of aromatic amines is 1. The minimum absolute atomic E-state index is 0.0936. The first kappa shape index (κ1) is 13.1. The average Bonchev–Trinajstić information content (AvgIpc) is 2.38. The van der Waals surface area contributed by atoms with Gasteiger partial charge in [0.25, 0.3) is 5.91 Å². The number of carbonyl (C=O) groups is 1. The summed E-state index contributed by atoms with van der Waals surface area (Å²) in [5.74, 6) is -0.0936. The molecule has 0 atom stereocenters. The molecule has 2 rings (SSSR count). The molecule has 1 saturated heterocycles. The lowest BCUT2D eigenvalue weighted by Crippen LogP contribution is -2.41. The van der Waals surface area contributed by atoms with Crippen molar-refractivity contribution in [2.24, 2.45) is 0 Å². The van der Waals surface area contributed by atoms with E-state index in [4.69, 9.17) is 4.74 Å². The number of hydrogen-bond donors (Lipinski definition) is 1. The lowest BCUT2D eigenvalue weighted by atomic mass is 10.2. The summed E-state index contributed by atoms with van der Waals surface area (Å²) in [6.45, 7) is 3.97. The second-order valence-corrected chi connectivity index (χ2v) is 4.75. The van der Waals surface area contributed by atoms with Crippen molar-refractivity contribution in [3.05, 3.63) is 21.7 Å². The number of nitrogens with zero attached hydrogens (tertiary/aromatic N) is 2. The molecule has 1 fully saturated rings. The molecule has 1 aromatic rings. The zero-order valence-electron chi connectivity index (χ0n) is 10.4. The van der Waals surface area contributed by atoms with Gasteiger partial charge in [0.1, 0.15) is 5.03 Å². The van der Waals surface area contributed by atoms with Crippen LogP contribution in [0.3, 0.4) is 0 Å². The predicted molar refractivity (Wildman–Crippen MR) is 68.1 cm³/mol. The number of ether oxygens (including phenoxy) is 1. The van der Waals surface area contributed by atoms with Crippen LogP contribution in [0, 0.1) is 6.92 Å². The molecular formula is C11H15N3O3S. The Bertz CT molecular complexity index is 509. The Hall–Kier alpha value is -1.34. The van der Waals surface area contributed by atoms with Gasteiger partial charge >= 0.3 is 5.69 Å². The molecule has 2 heterocycles. The fourth-order valence-electron chi connectivity index (χ4n) is 1.88. The minimum Gasteiger partial charge on any atom is -0.378 e. The molecule has 1 aliphatic rings. The van der Waals surface area contributed by atoms with Crippen LogP contribution < -0.4 is 5.69 Å². The Balaban J connectivity index is 2.37. The molecule has 18 heavy (non-hydrogen) atoms. The number of hydrogen-bond acceptors (Lipinski definition) is 5. The van der Waals surface area contributed by atoms with Crippen molar-refractivity contribution in [3.8, 4) is 0 Å². The summed E-state index contributed by atoms with van der Waals surface area (Å²) in [6, 6.07) is 0. The lowest BCUT2D eigenvalue weighted by molar-refractivity contribution is 0.0299. The number of amides is 1. The van der Waals surface area contributed by atoms with Crippen LogP contribution in [0.25, 0.3) is 0 Å². The van der Waals surface area contributed by atoms with Gasteiger partial charge in [-0.1, -0.05) is 0 Å². The first-order valence-corrected chi connectivity index (χ1v) is 6.88. The summed E-state index contributed by atoms with van der Waals surface area (Å²) in [5, 5.41) is 0.479. The number of morpholine rings is 1. The number of carbonyl (C=O) groups excluding carboxylic acids is 1. The summed E-state index contributed by atoms with van der Waals surface area (Å²) < 4.78 is 5.22. The molecule has 1 amide bonds. The first-order valence-electron chi connectivity index (χ1n) is 5.65. The topological polar surface area (TPSA) is 75.3 Å². The van der Waals surface area contributed by atoms with Gasteiger partial charge in [0.15, 0.2) is 0 Å². The monoisotopic (exact) mass is 269 g/mol. The fourth-order valence-corrected chi connectivity index (χ4v) is 2.50. The van der Waals surface area contributed by atoms with Gasteiger partial charge in [0.05, 0.1) is 18.8 Å². The molecule has 0 unspecified atom stereocenters. The summed E-state index contributed by atoms with van der Waals surface area (Å²) in [7, 11) is 0. The van der Waals surface area contributed by atoms with Crippen LogP contribution >= 0.6 is 11.8 Å². The molecule has 0 aromatic carbocycles. The van der Waals surface area contributed by atoms with Crippen LogP contribution in [-0.2, 0) is 4.74 Å². The van der Waals surface area contributed by atoms with Gasteiger partial charge in [-0.2, -0.15) is 4.98 Å². The maximum absolute atomic E-state index is 12.4. The highest BCUT2D eigenvalue weighted by Crippen LogP contribution is 2.20. The van der Waals surface area contributed by atoms with Gasteiger partial charge in [0.2, 0.25) is 0 Å². The highest BCUT2D eigenvalue weighted by molar-refractivity contribution is 7.98. The van der Waals surface area contributed by atoms with Crippen molar-refractivity contribution >= 4 is 17.7 Å². The third-order valence-corrected chi connectivity index (χ3v) is 3.47. The van der Waals surface area contributed by atoms with Gasteiger partial charge in [-0.25, -0.2) is 4.79 Å². The molecule has 1 aromatic heterocycles. The van der Waals surface area contributed by atoms with E-state index in [0.717, 1.165) is 0 Å². The highest BCUT2D eigenvalue weighted by Gasteiger charge is 2.24. The molecule has 1 N–H and O–H groups in total. The minimum atomic E-state index is -0.421. The van der Waals surface area contributed by atoms with Crippen LogP contribution in [-0.4, -0.2) is 53.3 Å². The molecular weight excluding hydrogens is 254 g/mol. The molecule has 0 saturated carbocycles. The molecule has 7 heteroatoms. The Morgan fingerprint density at radius 2 is 2.11 bits per heavy atom. The summed E-state index contributed by atoms with van der Waals surface area (Å²) in [6.07, 6.45) is 1.80. The number of aromatic nitrogens is 2. The molecule has 98 valence electrons. The first-order chi connectivity index (χ1) is 8.63. The molecule has 0 aliphatic carbocycles. The normalized spacial score (nSPS) is 15.8. The summed E-state index contributed by atoms with van der Waals surface area (Å²) >= 11 is 1.31. The van der Waals surface area contributed by atoms with Gasteiger partial charge in [-0.15, -0.1) is 11.8 Å². The number of H-pyrrole nitrogens is 1. The highest BCUT2D eigenvalue weighted by atomic mass is 32.2. The van der Waals surface area contributed by atoms with E-state index in [2.05, 4.69) is 9.97 Å². The van der Waals surface area contributed by atoms with Gasteiger partial charge in [-0.3, -0.25) is 4.79 Å². The fraction of sp³-hybridized carbons (Fsp3) is 0.545.